The van der Waals surface area contributed by atoms with Crippen molar-refractivity contribution >= 4 is 23.6 Å². The molecule has 0 atom stereocenters. The SMILES string of the molecule is CCNC(=O)CCCCC(=O)NCCCCCCNC(=O)CCCCC([NH])=O. The van der Waals surface area contributed by atoms with Gasteiger partial charge in [-0.25, -0.2) is 0 Å². The second-order valence-electron chi connectivity index (χ2n) is 6.91. The Labute approximate surface area is 168 Å². The molecule has 0 rings (SSSR count). The third-order valence-corrected chi connectivity index (χ3v) is 4.24. The van der Waals surface area contributed by atoms with Gasteiger partial charge in [-0.1, -0.05) is 12.8 Å². The van der Waals surface area contributed by atoms with E-state index in [9.17, 15) is 19.2 Å². The molecule has 4 N–H and O–H groups in total. The maximum Gasteiger partial charge on any atom is 0.238 e. The number of nitrogens with one attached hydrogen (secondary N) is 4. The predicted octanol–water partition coefficient (Wildman–Crippen LogP) is 1.85. The summed E-state index contributed by atoms with van der Waals surface area (Å²) in [7, 11) is 0. The smallest absolute Gasteiger partial charge is 0.238 e. The summed E-state index contributed by atoms with van der Waals surface area (Å²) in [4.78, 5) is 45.0. The standard InChI is InChI=1S/C20H37N4O4/c1-2-22-18(26)12-7-8-14-20(28)24-16-10-4-3-9-15-23-19(27)13-6-5-11-17(21)25/h21H,2-16H2,1H3,(H,22,26)(H,23,27)(H,24,28). The number of rotatable bonds is 18. The van der Waals surface area contributed by atoms with Gasteiger partial charge >= 0.3 is 0 Å². The number of hydrogen-bond donors (Lipinski definition) is 3. The average Bonchev–Trinajstić information content (AvgIpc) is 2.64. The zero-order chi connectivity index (χ0) is 21.0. The Kier molecular flexibility index (Phi) is 16.9. The van der Waals surface area contributed by atoms with Crippen LogP contribution in [-0.4, -0.2) is 43.3 Å². The van der Waals surface area contributed by atoms with Gasteiger partial charge in [-0.15, -0.1) is 0 Å². The van der Waals surface area contributed by atoms with Crippen molar-refractivity contribution in [3.05, 3.63) is 0 Å². The van der Waals surface area contributed by atoms with Gasteiger partial charge in [0.2, 0.25) is 23.6 Å². The zero-order valence-electron chi connectivity index (χ0n) is 17.2. The van der Waals surface area contributed by atoms with Crippen LogP contribution in [0.4, 0.5) is 0 Å². The van der Waals surface area contributed by atoms with Crippen LogP contribution >= 0.6 is 0 Å². The minimum atomic E-state index is -0.576. The molecule has 0 bridgehead atoms. The van der Waals surface area contributed by atoms with E-state index in [1.165, 1.54) is 0 Å². The van der Waals surface area contributed by atoms with Crippen molar-refractivity contribution in [3.8, 4) is 0 Å². The maximum absolute atomic E-state index is 11.7. The van der Waals surface area contributed by atoms with E-state index in [0.29, 0.717) is 51.7 Å². The fourth-order valence-corrected chi connectivity index (χ4v) is 2.66. The average molecular weight is 398 g/mol. The lowest BCUT2D eigenvalue weighted by atomic mass is 10.1. The summed E-state index contributed by atoms with van der Waals surface area (Å²) in [6, 6.07) is 0. The second kappa shape index (κ2) is 18.3. The second-order valence-corrected chi connectivity index (χ2v) is 6.91. The summed E-state index contributed by atoms with van der Waals surface area (Å²) in [5.41, 5.74) is 6.78. The van der Waals surface area contributed by atoms with Gasteiger partial charge in [0.1, 0.15) is 0 Å². The van der Waals surface area contributed by atoms with Gasteiger partial charge in [-0.3, -0.25) is 24.9 Å². The van der Waals surface area contributed by atoms with Crippen LogP contribution in [0, 0.1) is 0 Å². The molecule has 0 fully saturated rings. The number of carbonyl (C=O) groups excluding carboxylic acids is 4. The van der Waals surface area contributed by atoms with Gasteiger partial charge < -0.3 is 16.0 Å². The molecular formula is C20H37N4O4. The third-order valence-electron chi connectivity index (χ3n) is 4.24. The summed E-state index contributed by atoms with van der Waals surface area (Å²) >= 11 is 0. The van der Waals surface area contributed by atoms with Crippen molar-refractivity contribution in [2.75, 3.05) is 19.6 Å². The van der Waals surface area contributed by atoms with E-state index in [1.807, 2.05) is 6.92 Å². The molecule has 1 radical (unpaired) electrons. The first-order valence-electron chi connectivity index (χ1n) is 10.5. The van der Waals surface area contributed by atoms with Crippen molar-refractivity contribution < 1.29 is 19.2 Å². The molecule has 0 spiro atoms. The van der Waals surface area contributed by atoms with E-state index in [-0.39, 0.29) is 24.1 Å². The fraction of sp³-hybridized carbons (Fsp3) is 0.800. The van der Waals surface area contributed by atoms with Crippen molar-refractivity contribution in [1.82, 2.24) is 21.7 Å². The zero-order valence-corrected chi connectivity index (χ0v) is 17.2. The van der Waals surface area contributed by atoms with Crippen LogP contribution in [0.3, 0.4) is 0 Å². The third kappa shape index (κ3) is 18.7. The number of amides is 4. The molecule has 0 aromatic heterocycles. The minimum Gasteiger partial charge on any atom is -0.356 e. The van der Waals surface area contributed by atoms with Gasteiger partial charge in [-0.2, -0.15) is 0 Å². The summed E-state index contributed by atoms with van der Waals surface area (Å²) < 4.78 is 0. The van der Waals surface area contributed by atoms with Crippen molar-refractivity contribution in [2.45, 2.75) is 84.0 Å². The van der Waals surface area contributed by atoms with E-state index >= 15 is 0 Å². The van der Waals surface area contributed by atoms with Crippen LogP contribution in [-0.2, 0) is 19.2 Å². The van der Waals surface area contributed by atoms with Crippen LogP contribution in [0.15, 0.2) is 0 Å². The summed E-state index contributed by atoms with van der Waals surface area (Å²) in [6.45, 7) is 3.84. The Bertz CT molecular complexity index is 469. The summed E-state index contributed by atoms with van der Waals surface area (Å²) in [5, 5.41) is 8.49. The highest BCUT2D eigenvalue weighted by Crippen LogP contribution is 2.02. The topological polar surface area (TPSA) is 128 Å². The van der Waals surface area contributed by atoms with E-state index in [4.69, 9.17) is 5.73 Å². The Morgan fingerprint density at radius 3 is 1.36 bits per heavy atom. The molecule has 0 saturated carbocycles. The molecule has 0 aromatic carbocycles. The monoisotopic (exact) mass is 397 g/mol. The Morgan fingerprint density at radius 1 is 0.571 bits per heavy atom. The fourth-order valence-electron chi connectivity index (χ4n) is 2.66. The molecule has 8 nitrogen and oxygen atoms in total. The van der Waals surface area contributed by atoms with Gasteiger partial charge in [-0.05, 0) is 45.4 Å². The predicted molar refractivity (Wildman–Crippen MR) is 108 cm³/mol. The van der Waals surface area contributed by atoms with E-state index in [1.54, 1.807) is 0 Å². The highest BCUT2D eigenvalue weighted by Gasteiger charge is 2.04. The summed E-state index contributed by atoms with van der Waals surface area (Å²) in [5.74, 6) is -0.500. The molecule has 0 saturated heterocycles. The van der Waals surface area contributed by atoms with Crippen LogP contribution in [0.2, 0.25) is 0 Å². The Balaban J connectivity index is 3.35. The lowest BCUT2D eigenvalue weighted by Crippen LogP contribution is -2.25. The molecule has 8 heteroatoms. The highest BCUT2D eigenvalue weighted by atomic mass is 16.2. The Morgan fingerprint density at radius 2 is 0.964 bits per heavy atom. The summed E-state index contributed by atoms with van der Waals surface area (Å²) in [6.07, 6.45) is 8.07. The molecule has 0 heterocycles. The van der Waals surface area contributed by atoms with E-state index < -0.39 is 5.91 Å². The minimum absolute atomic E-state index is 0.00290. The van der Waals surface area contributed by atoms with E-state index in [0.717, 1.165) is 38.5 Å². The van der Waals surface area contributed by atoms with Crippen LogP contribution in [0.1, 0.15) is 84.0 Å². The first kappa shape index (κ1) is 25.9. The molecule has 0 aliphatic rings. The quantitative estimate of drug-likeness (QED) is 0.305. The van der Waals surface area contributed by atoms with Gasteiger partial charge in [0, 0.05) is 45.3 Å². The number of hydrogen-bond acceptors (Lipinski definition) is 4. The highest BCUT2D eigenvalue weighted by molar-refractivity contribution is 5.77. The first-order chi connectivity index (χ1) is 13.5. The lowest BCUT2D eigenvalue weighted by Gasteiger charge is -2.07. The molecule has 28 heavy (non-hydrogen) atoms. The largest absolute Gasteiger partial charge is 0.356 e. The molecule has 161 valence electrons. The van der Waals surface area contributed by atoms with Crippen molar-refractivity contribution in [3.63, 3.8) is 0 Å². The van der Waals surface area contributed by atoms with Crippen LogP contribution in [0.5, 0.6) is 0 Å². The maximum atomic E-state index is 11.7. The van der Waals surface area contributed by atoms with Crippen LogP contribution < -0.4 is 21.7 Å². The van der Waals surface area contributed by atoms with Gasteiger partial charge in [0.15, 0.2) is 0 Å². The lowest BCUT2D eigenvalue weighted by molar-refractivity contribution is -0.123. The molecule has 0 aliphatic carbocycles. The molecular weight excluding hydrogens is 360 g/mol. The molecule has 0 unspecified atom stereocenters. The normalized spacial score (nSPS) is 10.3. The van der Waals surface area contributed by atoms with Gasteiger partial charge in [0.05, 0.1) is 0 Å². The van der Waals surface area contributed by atoms with Gasteiger partial charge in [0.25, 0.3) is 0 Å². The first-order valence-corrected chi connectivity index (χ1v) is 10.5. The molecule has 0 aromatic rings. The van der Waals surface area contributed by atoms with E-state index in [2.05, 4.69) is 16.0 Å². The number of carbonyl (C=O) groups is 4. The van der Waals surface area contributed by atoms with Crippen molar-refractivity contribution in [1.29, 1.82) is 0 Å². The Hall–Kier alpha value is -2.12. The number of unbranched alkanes of at least 4 members (excludes halogenated alkanes) is 5. The van der Waals surface area contributed by atoms with Crippen molar-refractivity contribution in [2.24, 2.45) is 0 Å². The molecule has 4 amide bonds. The molecule has 0 aliphatic heterocycles. The van der Waals surface area contributed by atoms with Crippen LogP contribution in [0.25, 0.3) is 0 Å².